The fraction of sp³-hybridized carbons (Fsp3) is 1.00. The molecule has 1 rings (SSSR count). The molecule has 0 bridgehead atoms. The monoisotopic (exact) mass is 175 g/mol. The summed E-state index contributed by atoms with van der Waals surface area (Å²) < 4.78 is 0. The highest BCUT2D eigenvalue weighted by molar-refractivity contribution is 4.76. The molecule has 0 amide bonds. The van der Waals surface area contributed by atoms with Gasteiger partial charge in [-0.2, -0.15) is 0 Å². The van der Waals surface area contributed by atoms with E-state index in [1.54, 1.807) is 0 Å². The van der Waals surface area contributed by atoms with Crippen LogP contribution in [-0.2, 0) is 0 Å². The molecule has 12 heavy (non-hydrogen) atoms. The van der Waals surface area contributed by atoms with Crippen LogP contribution in [0.5, 0.6) is 0 Å². The maximum absolute atomic E-state index is 9.12. The van der Waals surface area contributed by atoms with Crippen molar-refractivity contribution >= 4 is 0 Å². The van der Waals surface area contributed by atoms with Crippen LogP contribution in [0.25, 0.3) is 0 Å². The van der Waals surface area contributed by atoms with Gasteiger partial charge < -0.3 is 20.2 Å². The number of aliphatic hydroxyl groups is 3. The predicted octanol–water partition coefficient (Wildman–Crippen LogP) is -1.35. The second kappa shape index (κ2) is 4.77. The summed E-state index contributed by atoms with van der Waals surface area (Å²) in [5.74, 6) is 0.357. The van der Waals surface area contributed by atoms with Crippen molar-refractivity contribution in [2.24, 2.45) is 5.92 Å². The Morgan fingerprint density at radius 3 is 2.67 bits per heavy atom. The van der Waals surface area contributed by atoms with Crippen molar-refractivity contribution in [3.05, 3.63) is 0 Å². The Morgan fingerprint density at radius 1 is 1.42 bits per heavy atom. The molecule has 0 spiro atoms. The number of likely N-dealkylation sites (tertiary alicyclic amines) is 1. The Hall–Kier alpha value is -0.160. The largest absolute Gasteiger partial charge is 0.396 e. The van der Waals surface area contributed by atoms with Gasteiger partial charge in [-0.15, -0.1) is 0 Å². The average molecular weight is 175 g/mol. The van der Waals surface area contributed by atoms with Crippen LogP contribution in [0.1, 0.15) is 6.42 Å². The highest BCUT2D eigenvalue weighted by Crippen LogP contribution is 2.14. The Kier molecular flexibility index (Phi) is 3.94. The third-order valence-corrected chi connectivity index (χ3v) is 2.31. The molecule has 1 aliphatic heterocycles. The lowest BCUT2D eigenvalue weighted by molar-refractivity contribution is 0.0641. The van der Waals surface area contributed by atoms with E-state index in [2.05, 4.69) is 4.90 Å². The Morgan fingerprint density at radius 2 is 2.17 bits per heavy atom. The molecule has 4 heteroatoms. The van der Waals surface area contributed by atoms with E-state index in [0.717, 1.165) is 19.5 Å². The predicted molar refractivity (Wildman–Crippen MR) is 44.7 cm³/mol. The molecule has 1 heterocycles. The first-order valence-corrected chi connectivity index (χ1v) is 4.38. The molecule has 1 saturated heterocycles. The van der Waals surface area contributed by atoms with Crippen molar-refractivity contribution in [2.75, 3.05) is 32.8 Å². The van der Waals surface area contributed by atoms with Gasteiger partial charge in [0, 0.05) is 19.7 Å². The van der Waals surface area contributed by atoms with Gasteiger partial charge >= 0.3 is 0 Å². The molecule has 2 unspecified atom stereocenters. The van der Waals surface area contributed by atoms with Crippen LogP contribution in [0.15, 0.2) is 0 Å². The molecular weight excluding hydrogens is 158 g/mol. The van der Waals surface area contributed by atoms with Crippen molar-refractivity contribution in [1.29, 1.82) is 0 Å². The minimum atomic E-state index is -0.637. The third kappa shape index (κ3) is 2.71. The Balaban J connectivity index is 2.18. The van der Waals surface area contributed by atoms with Gasteiger partial charge in [0.15, 0.2) is 0 Å². The molecule has 0 radical (unpaired) electrons. The lowest BCUT2D eigenvalue weighted by Gasteiger charge is -2.18. The minimum Gasteiger partial charge on any atom is -0.396 e. The zero-order chi connectivity index (χ0) is 8.97. The summed E-state index contributed by atoms with van der Waals surface area (Å²) in [5, 5.41) is 26.6. The van der Waals surface area contributed by atoms with E-state index in [9.17, 15) is 0 Å². The second-order valence-corrected chi connectivity index (χ2v) is 3.43. The Labute approximate surface area is 72.4 Å². The van der Waals surface area contributed by atoms with E-state index in [1.807, 2.05) is 0 Å². The highest BCUT2D eigenvalue weighted by atomic mass is 16.3. The summed E-state index contributed by atoms with van der Waals surface area (Å²) >= 11 is 0. The van der Waals surface area contributed by atoms with Crippen LogP contribution in [0, 0.1) is 5.92 Å². The third-order valence-electron chi connectivity index (χ3n) is 2.31. The molecule has 72 valence electrons. The number of β-amino-alcohol motifs (C(OH)–C–C–N with tert-alkyl or cyclic N) is 1. The van der Waals surface area contributed by atoms with Crippen molar-refractivity contribution in [2.45, 2.75) is 12.5 Å². The van der Waals surface area contributed by atoms with Crippen molar-refractivity contribution in [3.8, 4) is 0 Å². The fourth-order valence-corrected chi connectivity index (χ4v) is 1.58. The molecule has 1 fully saturated rings. The summed E-state index contributed by atoms with van der Waals surface area (Å²) in [7, 11) is 0. The van der Waals surface area contributed by atoms with Gasteiger partial charge in [-0.25, -0.2) is 0 Å². The zero-order valence-electron chi connectivity index (χ0n) is 7.19. The molecule has 0 aromatic carbocycles. The molecule has 0 aromatic rings. The molecule has 2 atom stereocenters. The number of hydrogen-bond donors (Lipinski definition) is 3. The van der Waals surface area contributed by atoms with E-state index in [0.29, 0.717) is 12.5 Å². The van der Waals surface area contributed by atoms with Gasteiger partial charge in [0.2, 0.25) is 0 Å². The lowest BCUT2D eigenvalue weighted by Crippen LogP contribution is -2.32. The molecule has 3 N–H and O–H groups in total. The van der Waals surface area contributed by atoms with Gasteiger partial charge in [-0.3, -0.25) is 0 Å². The number of hydrogen-bond acceptors (Lipinski definition) is 4. The van der Waals surface area contributed by atoms with Gasteiger partial charge in [0.25, 0.3) is 0 Å². The maximum atomic E-state index is 9.12. The first kappa shape index (κ1) is 9.92. The molecular formula is C8H17NO3. The number of aliphatic hydroxyl groups excluding tert-OH is 3. The maximum Gasteiger partial charge on any atom is 0.0897 e. The van der Waals surface area contributed by atoms with Crippen LogP contribution >= 0.6 is 0 Å². The van der Waals surface area contributed by atoms with Gasteiger partial charge in [0.1, 0.15) is 0 Å². The number of rotatable bonds is 4. The zero-order valence-corrected chi connectivity index (χ0v) is 7.19. The van der Waals surface area contributed by atoms with Crippen LogP contribution in [-0.4, -0.2) is 59.2 Å². The van der Waals surface area contributed by atoms with Crippen molar-refractivity contribution in [1.82, 2.24) is 4.90 Å². The SMILES string of the molecule is OCC(O)CN1CCC(CO)C1. The smallest absolute Gasteiger partial charge is 0.0897 e. The van der Waals surface area contributed by atoms with Crippen LogP contribution in [0.3, 0.4) is 0 Å². The van der Waals surface area contributed by atoms with Crippen molar-refractivity contribution in [3.63, 3.8) is 0 Å². The van der Waals surface area contributed by atoms with E-state index in [4.69, 9.17) is 15.3 Å². The molecule has 0 aromatic heterocycles. The highest BCUT2D eigenvalue weighted by Gasteiger charge is 2.22. The van der Waals surface area contributed by atoms with E-state index >= 15 is 0 Å². The number of nitrogens with zero attached hydrogens (tertiary/aromatic N) is 1. The molecule has 1 aliphatic rings. The second-order valence-electron chi connectivity index (χ2n) is 3.43. The normalized spacial score (nSPS) is 27.8. The summed E-state index contributed by atoms with van der Waals surface area (Å²) in [6.07, 6.45) is 0.358. The molecule has 4 nitrogen and oxygen atoms in total. The summed E-state index contributed by atoms with van der Waals surface area (Å²) in [5.41, 5.74) is 0. The van der Waals surface area contributed by atoms with Crippen molar-refractivity contribution < 1.29 is 15.3 Å². The first-order valence-electron chi connectivity index (χ1n) is 4.38. The molecule has 0 aliphatic carbocycles. The minimum absolute atomic E-state index is 0.180. The van der Waals surface area contributed by atoms with Gasteiger partial charge in [-0.05, 0) is 18.9 Å². The van der Waals surface area contributed by atoms with E-state index < -0.39 is 6.10 Å². The fourth-order valence-electron chi connectivity index (χ4n) is 1.58. The topological polar surface area (TPSA) is 63.9 Å². The van der Waals surface area contributed by atoms with E-state index in [1.165, 1.54) is 0 Å². The van der Waals surface area contributed by atoms with Crippen LogP contribution in [0.4, 0.5) is 0 Å². The first-order chi connectivity index (χ1) is 5.76. The quantitative estimate of drug-likeness (QED) is 0.494. The summed E-state index contributed by atoms with van der Waals surface area (Å²) in [6.45, 7) is 2.33. The lowest BCUT2D eigenvalue weighted by atomic mass is 10.1. The summed E-state index contributed by atoms with van der Waals surface area (Å²) in [4.78, 5) is 2.07. The average Bonchev–Trinajstić information content (AvgIpc) is 2.52. The van der Waals surface area contributed by atoms with Gasteiger partial charge in [0.05, 0.1) is 12.7 Å². The Bertz CT molecular complexity index is 131. The standard InChI is InChI=1S/C8H17NO3/c10-5-7-1-2-9(3-7)4-8(12)6-11/h7-8,10-12H,1-6H2. The van der Waals surface area contributed by atoms with Crippen LogP contribution < -0.4 is 0 Å². The van der Waals surface area contributed by atoms with Gasteiger partial charge in [-0.1, -0.05) is 0 Å². The van der Waals surface area contributed by atoms with Crippen LogP contribution in [0.2, 0.25) is 0 Å². The summed E-state index contributed by atoms with van der Waals surface area (Å²) in [6, 6.07) is 0. The molecule has 0 saturated carbocycles. The van der Waals surface area contributed by atoms with E-state index in [-0.39, 0.29) is 13.2 Å².